The van der Waals surface area contributed by atoms with Crippen molar-refractivity contribution < 1.29 is 0 Å². The van der Waals surface area contributed by atoms with Gasteiger partial charge in [0.25, 0.3) is 0 Å². The first-order valence-electron chi connectivity index (χ1n) is 9.03. The van der Waals surface area contributed by atoms with Crippen molar-refractivity contribution in [1.82, 2.24) is 9.80 Å². The lowest BCUT2D eigenvalue weighted by Crippen LogP contribution is -2.56. The van der Waals surface area contributed by atoms with Crippen molar-refractivity contribution in [3.05, 3.63) is 54.1 Å². The molecule has 2 aromatic rings. The van der Waals surface area contributed by atoms with Crippen LogP contribution in [0.1, 0.15) is 19.4 Å². The summed E-state index contributed by atoms with van der Waals surface area (Å²) in [5, 5.41) is 0. The van der Waals surface area contributed by atoms with Gasteiger partial charge in [-0.25, -0.2) is 4.99 Å². The van der Waals surface area contributed by atoms with E-state index in [1.807, 2.05) is 11.8 Å². The first kappa shape index (κ1) is 16.7. The molecule has 4 rings (SSSR count). The van der Waals surface area contributed by atoms with Crippen LogP contribution in [0.25, 0.3) is 0 Å². The summed E-state index contributed by atoms with van der Waals surface area (Å²) >= 11 is 1.83. The molecular weight excluding hydrogens is 326 g/mol. The Morgan fingerprint density at radius 2 is 1.72 bits per heavy atom. The van der Waals surface area contributed by atoms with E-state index in [0.717, 1.165) is 31.2 Å². The van der Waals surface area contributed by atoms with E-state index in [1.165, 1.54) is 15.4 Å². The molecule has 2 aliphatic rings. The number of aliphatic imine (C=N–C) groups is 1. The van der Waals surface area contributed by atoms with Crippen LogP contribution in [0.15, 0.2) is 63.3 Å². The third-order valence-electron chi connectivity index (χ3n) is 5.10. The molecule has 130 valence electrons. The highest BCUT2D eigenvalue weighted by Crippen LogP contribution is 2.41. The monoisotopic (exact) mass is 351 g/mol. The molecule has 0 bridgehead atoms. The summed E-state index contributed by atoms with van der Waals surface area (Å²) in [6, 6.07) is 17.7. The van der Waals surface area contributed by atoms with Gasteiger partial charge in [-0.3, -0.25) is 0 Å². The Balaban J connectivity index is 1.85. The fraction of sp³-hybridized carbons (Fsp3) is 0.381. The number of piperazine rings is 1. The highest BCUT2D eigenvalue weighted by atomic mass is 32.2. The lowest BCUT2D eigenvalue weighted by atomic mass is 9.98. The van der Waals surface area contributed by atoms with Crippen molar-refractivity contribution in [3.8, 4) is 0 Å². The van der Waals surface area contributed by atoms with Crippen LogP contribution in [0.2, 0.25) is 0 Å². The van der Waals surface area contributed by atoms with Crippen LogP contribution in [0, 0.1) is 5.92 Å². The third-order valence-corrected chi connectivity index (χ3v) is 6.24. The number of likely N-dealkylation sites (N-methyl/N-ethyl adjacent to an activating group) is 1. The van der Waals surface area contributed by atoms with Crippen molar-refractivity contribution in [2.24, 2.45) is 10.9 Å². The van der Waals surface area contributed by atoms with Gasteiger partial charge in [-0.2, -0.15) is 0 Å². The van der Waals surface area contributed by atoms with Gasteiger partial charge in [0.1, 0.15) is 5.84 Å². The van der Waals surface area contributed by atoms with Crippen LogP contribution >= 0.6 is 11.8 Å². The number of hydrogen-bond acceptors (Lipinski definition) is 4. The van der Waals surface area contributed by atoms with E-state index in [9.17, 15) is 0 Å². The molecule has 25 heavy (non-hydrogen) atoms. The predicted octanol–water partition coefficient (Wildman–Crippen LogP) is 4.50. The quantitative estimate of drug-likeness (QED) is 0.754. The van der Waals surface area contributed by atoms with E-state index in [0.29, 0.717) is 12.0 Å². The molecule has 0 aliphatic carbocycles. The molecule has 3 nitrogen and oxygen atoms in total. The average Bonchev–Trinajstić information content (AvgIpc) is 2.78. The predicted molar refractivity (Wildman–Crippen MR) is 106 cm³/mol. The van der Waals surface area contributed by atoms with Crippen LogP contribution in [-0.4, -0.2) is 48.4 Å². The summed E-state index contributed by atoms with van der Waals surface area (Å²) in [5.41, 5.74) is 2.35. The van der Waals surface area contributed by atoms with Crippen molar-refractivity contribution in [2.75, 3.05) is 26.7 Å². The fourth-order valence-electron chi connectivity index (χ4n) is 3.68. The molecule has 0 N–H and O–H groups in total. The molecule has 2 heterocycles. The molecule has 0 amide bonds. The van der Waals surface area contributed by atoms with Gasteiger partial charge < -0.3 is 9.80 Å². The Kier molecular flexibility index (Phi) is 4.57. The molecule has 2 aliphatic heterocycles. The topological polar surface area (TPSA) is 18.8 Å². The van der Waals surface area contributed by atoms with E-state index in [4.69, 9.17) is 4.99 Å². The maximum absolute atomic E-state index is 5.17. The highest BCUT2D eigenvalue weighted by molar-refractivity contribution is 7.99. The molecule has 4 heteroatoms. The average molecular weight is 352 g/mol. The number of para-hydroxylation sites is 1. The van der Waals surface area contributed by atoms with E-state index >= 15 is 0 Å². The lowest BCUT2D eigenvalue weighted by Gasteiger charge is -2.44. The van der Waals surface area contributed by atoms with Crippen LogP contribution in [0.4, 0.5) is 5.69 Å². The van der Waals surface area contributed by atoms with Crippen LogP contribution in [0.3, 0.4) is 0 Å². The van der Waals surface area contributed by atoms with Crippen molar-refractivity contribution >= 4 is 23.3 Å². The van der Waals surface area contributed by atoms with Gasteiger partial charge in [0.05, 0.1) is 5.69 Å². The third kappa shape index (κ3) is 3.21. The van der Waals surface area contributed by atoms with E-state index in [1.54, 1.807) is 0 Å². The van der Waals surface area contributed by atoms with E-state index in [-0.39, 0.29) is 0 Å². The Morgan fingerprint density at radius 3 is 2.52 bits per heavy atom. The number of amidine groups is 1. The Hall–Kier alpha value is -1.78. The lowest BCUT2D eigenvalue weighted by molar-refractivity contribution is 0.120. The van der Waals surface area contributed by atoms with Gasteiger partial charge in [-0.15, -0.1) is 0 Å². The number of nitrogens with zero attached hydrogens (tertiary/aromatic N) is 3. The van der Waals surface area contributed by atoms with Gasteiger partial charge >= 0.3 is 0 Å². The summed E-state index contributed by atoms with van der Waals surface area (Å²) in [7, 11) is 2.22. The molecule has 1 atom stereocenters. The van der Waals surface area contributed by atoms with Gasteiger partial charge in [0.2, 0.25) is 0 Å². The van der Waals surface area contributed by atoms with Crippen molar-refractivity contribution in [2.45, 2.75) is 29.7 Å². The minimum Gasteiger partial charge on any atom is -0.350 e. The molecular formula is C21H25N3S. The summed E-state index contributed by atoms with van der Waals surface area (Å²) < 4.78 is 0. The second kappa shape index (κ2) is 6.85. The van der Waals surface area contributed by atoms with Gasteiger partial charge in [-0.05, 0) is 31.2 Å². The normalized spacial score (nSPS) is 20.7. The van der Waals surface area contributed by atoms with Gasteiger partial charge in [-0.1, -0.05) is 55.9 Å². The van der Waals surface area contributed by atoms with Gasteiger partial charge in [0, 0.05) is 41.0 Å². The number of hydrogen-bond donors (Lipinski definition) is 0. The van der Waals surface area contributed by atoms with Crippen LogP contribution in [0.5, 0.6) is 0 Å². The molecule has 1 unspecified atom stereocenters. The zero-order valence-corrected chi connectivity index (χ0v) is 16.0. The van der Waals surface area contributed by atoms with Gasteiger partial charge in [0.15, 0.2) is 0 Å². The Bertz CT molecular complexity index is 799. The first-order chi connectivity index (χ1) is 12.1. The standard InChI is InChI=1S/C21H25N3S/c1-15(2)18-14-23(3)12-13-24(18)21-16-8-4-6-10-19(16)25-20-11-7-5-9-17(20)22-21/h4-11,15,18H,12-14H2,1-3H3. The zero-order chi connectivity index (χ0) is 17.4. The summed E-state index contributed by atoms with van der Waals surface area (Å²) in [6.45, 7) is 7.84. The highest BCUT2D eigenvalue weighted by Gasteiger charge is 2.32. The van der Waals surface area contributed by atoms with Crippen molar-refractivity contribution in [1.29, 1.82) is 0 Å². The molecule has 0 radical (unpaired) electrons. The van der Waals surface area contributed by atoms with Crippen LogP contribution < -0.4 is 0 Å². The molecule has 0 aromatic heterocycles. The SMILES string of the molecule is CC(C)C1CN(C)CCN1C1=Nc2ccccc2Sc2ccccc21. The summed E-state index contributed by atoms with van der Waals surface area (Å²) in [5.74, 6) is 1.73. The summed E-state index contributed by atoms with van der Waals surface area (Å²) in [4.78, 5) is 12.7. The molecule has 0 saturated carbocycles. The maximum Gasteiger partial charge on any atom is 0.138 e. The second-order valence-electron chi connectivity index (χ2n) is 7.27. The molecule has 2 aromatic carbocycles. The number of rotatable bonds is 1. The maximum atomic E-state index is 5.17. The fourth-order valence-corrected chi connectivity index (χ4v) is 4.69. The zero-order valence-electron chi connectivity index (χ0n) is 15.1. The van der Waals surface area contributed by atoms with Crippen LogP contribution in [-0.2, 0) is 0 Å². The minimum atomic E-state index is 0.487. The smallest absolute Gasteiger partial charge is 0.138 e. The number of fused-ring (bicyclic) bond motifs is 2. The second-order valence-corrected chi connectivity index (χ2v) is 8.35. The summed E-state index contributed by atoms with van der Waals surface area (Å²) in [6.07, 6.45) is 0. The van der Waals surface area contributed by atoms with E-state index < -0.39 is 0 Å². The molecule has 1 saturated heterocycles. The Labute approximate surface area is 154 Å². The van der Waals surface area contributed by atoms with E-state index in [2.05, 4.69) is 79.2 Å². The van der Waals surface area contributed by atoms with Crippen molar-refractivity contribution in [3.63, 3.8) is 0 Å². The first-order valence-corrected chi connectivity index (χ1v) is 9.85. The minimum absolute atomic E-state index is 0.487. The number of benzene rings is 2. The molecule has 1 fully saturated rings. The Morgan fingerprint density at radius 1 is 1.00 bits per heavy atom. The molecule has 0 spiro atoms. The largest absolute Gasteiger partial charge is 0.350 e.